The molecule has 2 heterocycles. The van der Waals surface area contributed by atoms with Crippen molar-refractivity contribution in [3.63, 3.8) is 0 Å². The Hall–Kier alpha value is -2.08. The molecule has 0 spiro atoms. The molecule has 0 bridgehead atoms. The van der Waals surface area contributed by atoms with Gasteiger partial charge in [0.25, 0.3) is 5.91 Å². The van der Waals surface area contributed by atoms with Gasteiger partial charge in [0.05, 0.1) is 0 Å². The van der Waals surface area contributed by atoms with Crippen LogP contribution in [0, 0.1) is 0 Å². The van der Waals surface area contributed by atoms with Gasteiger partial charge < -0.3 is 14.8 Å². The fourth-order valence-corrected chi connectivity index (χ4v) is 3.73. The second kappa shape index (κ2) is 5.85. The molecule has 1 aromatic carbocycles. The first-order valence-electron chi connectivity index (χ1n) is 7.98. The van der Waals surface area contributed by atoms with Crippen molar-refractivity contribution in [1.29, 1.82) is 0 Å². The van der Waals surface area contributed by atoms with Gasteiger partial charge in [0.15, 0.2) is 16.6 Å². The second-order valence-corrected chi connectivity index (χ2v) is 6.45. The highest BCUT2D eigenvalue weighted by atomic mass is 32.1. The molecule has 3 aliphatic rings. The zero-order valence-electron chi connectivity index (χ0n) is 12.7. The number of carbonyl (C=O) groups excluding carboxylic acids is 1. The zero-order valence-corrected chi connectivity index (χ0v) is 13.5. The van der Waals surface area contributed by atoms with E-state index in [9.17, 15) is 4.79 Å². The van der Waals surface area contributed by atoms with Crippen LogP contribution >= 0.6 is 12.2 Å². The maximum Gasteiger partial charge on any atom is 0.276 e. The lowest BCUT2D eigenvalue weighted by molar-refractivity contribution is -0.124. The monoisotopic (exact) mass is 330 g/mol. The quantitative estimate of drug-likeness (QED) is 0.667. The smallest absolute Gasteiger partial charge is 0.276 e. The number of thiocarbonyl (C=S) groups is 1. The summed E-state index contributed by atoms with van der Waals surface area (Å²) in [6.45, 7) is 0.242. The molecule has 2 fully saturated rings. The number of benzene rings is 1. The predicted octanol–water partition coefficient (Wildman–Crippen LogP) is 2.81. The highest BCUT2D eigenvalue weighted by Crippen LogP contribution is 2.33. The molecule has 1 saturated heterocycles. The average Bonchev–Trinajstić information content (AvgIpc) is 3.13. The summed E-state index contributed by atoms with van der Waals surface area (Å²) < 4.78 is 10.7. The molecule has 4 rings (SSSR count). The Morgan fingerprint density at radius 1 is 1.17 bits per heavy atom. The third-order valence-electron chi connectivity index (χ3n) is 4.56. The van der Waals surface area contributed by atoms with Gasteiger partial charge in [0.2, 0.25) is 6.79 Å². The van der Waals surface area contributed by atoms with Gasteiger partial charge in [0, 0.05) is 6.04 Å². The molecule has 1 saturated carbocycles. The van der Waals surface area contributed by atoms with Gasteiger partial charge in [-0.1, -0.05) is 25.3 Å². The van der Waals surface area contributed by atoms with E-state index in [2.05, 4.69) is 5.32 Å². The van der Waals surface area contributed by atoms with Crippen molar-refractivity contribution >= 4 is 29.3 Å². The lowest BCUT2D eigenvalue weighted by atomic mass is 9.94. The molecule has 1 N–H and O–H groups in total. The van der Waals surface area contributed by atoms with E-state index in [1.807, 2.05) is 24.3 Å². The minimum absolute atomic E-state index is 0.0282. The SMILES string of the molecule is O=C1/C(=C/c2ccc3c(c2)OCO3)NC(=S)N1C1CCCCC1. The standard InChI is InChI=1S/C17H18N2O3S/c20-16-13(8-11-6-7-14-15(9-11)22-10-21-14)18-17(23)19(16)12-4-2-1-3-5-12/h6-9,12H,1-5,10H2,(H,18,23)/b13-8-. The summed E-state index contributed by atoms with van der Waals surface area (Å²) in [7, 11) is 0. The molecule has 23 heavy (non-hydrogen) atoms. The minimum Gasteiger partial charge on any atom is -0.454 e. The Morgan fingerprint density at radius 2 is 1.96 bits per heavy atom. The largest absolute Gasteiger partial charge is 0.454 e. The molecule has 0 unspecified atom stereocenters. The molecular weight excluding hydrogens is 312 g/mol. The summed E-state index contributed by atoms with van der Waals surface area (Å²) in [5, 5.41) is 3.59. The molecule has 120 valence electrons. The van der Waals surface area contributed by atoms with Gasteiger partial charge in [-0.2, -0.15) is 0 Å². The van der Waals surface area contributed by atoms with Crippen LogP contribution in [0.15, 0.2) is 23.9 Å². The van der Waals surface area contributed by atoms with Gasteiger partial charge in [-0.05, 0) is 48.8 Å². The molecule has 0 aromatic heterocycles. The van der Waals surface area contributed by atoms with Crippen molar-refractivity contribution < 1.29 is 14.3 Å². The third kappa shape index (κ3) is 2.67. The van der Waals surface area contributed by atoms with Crippen molar-refractivity contribution in [3.05, 3.63) is 29.5 Å². The molecular formula is C17H18N2O3S. The van der Waals surface area contributed by atoms with Crippen LogP contribution in [0.25, 0.3) is 6.08 Å². The number of amides is 1. The first-order valence-corrected chi connectivity index (χ1v) is 8.39. The van der Waals surface area contributed by atoms with Crippen LogP contribution in [-0.4, -0.2) is 28.8 Å². The summed E-state index contributed by atoms with van der Waals surface area (Å²) in [5.41, 5.74) is 1.41. The zero-order chi connectivity index (χ0) is 15.8. The van der Waals surface area contributed by atoms with E-state index in [1.54, 1.807) is 4.90 Å². The van der Waals surface area contributed by atoms with Crippen molar-refractivity contribution in [2.24, 2.45) is 0 Å². The van der Waals surface area contributed by atoms with E-state index < -0.39 is 0 Å². The van der Waals surface area contributed by atoms with Gasteiger partial charge >= 0.3 is 0 Å². The molecule has 6 heteroatoms. The first-order chi connectivity index (χ1) is 11.2. The number of hydrogen-bond donors (Lipinski definition) is 1. The molecule has 1 aliphatic carbocycles. The van der Waals surface area contributed by atoms with Crippen LogP contribution in [0.2, 0.25) is 0 Å². The van der Waals surface area contributed by atoms with Crippen LogP contribution < -0.4 is 14.8 Å². The number of ether oxygens (including phenoxy) is 2. The number of nitrogens with zero attached hydrogens (tertiary/aromatic N) is 1. The number of rotatable bonds is 2. The predicted molar refractivity (Wildman–Crippen MR) is 90.0 cm³/mol. The average molecular weight is 330 g/mol. The van der Waals surface area contributed by atoms with Crippen molar-refractivity contribution in [2.75, 3.05) is 6.79 Å². The van der Waals surface area contributed by atoms with Crippen LogP contribution in [-0.2, 0) is 4.79 Å². The molecule has 1 aromatic rings. The van der Waals surface area contributed by atoms with E-state index in [0.29, 0.717) is 16.6 Å². The Morgan fingerprint density at radius 3 is 2.78 bits per heavy atom. The van der Waals surface area contributed by atoms with Crippen LogP contribution in [0.5, 0.6) is 11.5 Å². The number of carbonyl (C=O) groups is 1. The summed E-state index contributed by atoms with van der Waals surface area (Å²) >= 11 is 5.38. The maximum absolute atomic E-state index is 12.7. The summed E-state index contributed by atoms with van der Waals surface area (Å²) in [6.07, 6.45) is 7.46. The van der Waals surface area contributed by atoms with E-state index in [-0.39, 0.29) is 18.7 Å². The van der Waals surface area contributed by atoms with E-state index in [0.717, 1.165) is 37.0 Å². The summed E-state index contributed by atoms with van der Waals surface area (Å²) in [4.78, 5) is 14.5. The Labute approximate surface area is 140 Å². The van der Waals surface area contributed by atoms with E-state index in [1.165, 1.54) is 6.42 Å². The third-order valence-corrected chi connectivity index (χ3v) is 4.86. The number of nitrogens with one attached hydrogen (secondary N) is 1. The Bertz CT molecular complexity index is 695. The van der Waals surface area contributed by atoms with Gasteiger partial charge in [-0.25, -0.2) is 0 Å². The molecule has 0 atom stereocenters. The highest BCUT2D eigenvalue weighted by molar-refractivity contribution is 7.80. The number of hydrogen-bond acceptors (Lipinski definition) is 4. The molecule has 1 amide bonds. The lowest BCUT2D eigenvalue weighted by Gasteiger charge is -2.29. The second-order valence-electron chi connectivity index (χ2n) is 6.07. The van der Waals surface area contributed by atoms with Crippen molar-refractivity contribution in [2.45, 2.75) is 38.1 Å². The van der Waals surface area contributed by atoms with E-state index >= 15 is 0 Å². The topological polar surface area (TPSA) is 50.8 Å². The summed E-state index contributed by atoms with van der Waals surface area (Å²) in [5.74, 6) is 1.41. The number of fused-ring (bicyclic) bond motifs is 1. The molecule has 0 radical (unpaired) electrons. The minimum atomic E-state index is -0.0282. The van der Waals surface area contributed by atoms with Crippen molar-refractivity contribution in [3.8, 4) is 11.5 Å². The first kappa shape index (κ1) is 14.5. The van der Waals surface area contributed by atoms with Crippen molar-refractivity contribution in [1.82, 2.24) is 10.2 Å². The fourth-order valence-electron chi connectivity index (χ4n) is 3.39. The Kier molecular flexibility index (Phi) is 3.69. The molecule has 5 nitrogen and oxygen atoms in total. The van der Waals surface area contributed by atoms with Gasteiger partial charge in [-0.3, -0.25) is 9.69 Å². The lowest BCUT2D eigenvalue weighted by Crippen LogP contribution is -2.41. The molecule has 2 aliphatic heterocycles. The highest BCUT2D eigenvalue weighted by Gasteiger charge is 2.36. The van der Waals surface area contributed by atoms with Crippen LogP contribution in [0.4, 0.5) is 0 Å². The normalized spacial score (nSPS) is 22.8. The maximum atomic E-state index is 12.7. The van der Waals surface area contributed by atoms with Gasteiger partial charge in [0.1, 0.15) is 5.70 Å². The van der Waals surface area contributed by atoms with Gasteiger partial charge in [-0.15, -0.1) is 0 Å². The van der Waals surface area contributed by atoms with E-state index in [4.69, 9.17) is 21.7 Å². The Balaban J connectivity index is 1.57. The van der Waals surface area contributed by atoms with Crippen LogP contribution in [0.3, 0.4) is 0 Å². The van der Waals surface area contributed by atoms with Crippen LogP contribution in [0.1, 0.15) is 37.7 Å². The fraction of sp³-hybridized carbons (Fsp3) is 0.412. The summed E-state index contributed by atoms with van der Waals surface area (Å²) in [6, 6.07) is 5.86.